The third kappa shape index (κ3) is 4.54. The van der Waals surface area contributed by atoms with Crippen molar-refractivity contribution in [3.63, 3.8) is 0 Å². The van der Waals surface area contributed by atoms with E-state index in [4.69, 9.17) is 51.5 Å². The summed E-state index contributed by atoms with van der Waals surface area (Å²) in [6.07, 6.45) is 1.99. The largest absolute Gasteiger partial charge is 0.217 e. The summed E-state index contributed by atoms with van der Waals surface area (Å²) in [7, 11) is 0. The zero-order chi connectivity index (χ0) is 23.1. The van der Waals surface area contributed by atoms with Crippen molar-refractivity contribution in [2.24, 2.45) is 5.10 Å². The minimum Gasteiger partial charge on any atom is -0.205 e. The van der Waals surface area contributed by atoms with E-state index in [-0.39, 0.29) is 10.0 Å². The van der Waals surface area contributed by atoms with Crippen LogP contribution in [-0.2, 0) is 0 Å². The number of nitrogens with zero attached hydrogens (tertiary/aromatic N) is 4. The van der Waals surface area contributed by atoms with Gasteiger partial charge < -0.3 is 0 Å². The van der Waals surface area contributed by atoms with Gasteiger partial charge >= 0.3 is 0 Å². The number of allylic oxidation sites excluding steroid dienone is 1. The molecule has 33 heavy (non-hydrogen) atoms. The van der Waals surface area contributed by atoms with Gasteiger partial charge in [-0.05, 0) is 59.8 Å². The van der Waals surface area contributed by atoms with E-state index in [1.807, 2.05) is 42.5 Å². The highest BCUT2D eigenvalue weighted by atomic mass is 35.5. The van der Waals surface area contributed by atoms with E-state index in [0.717, 1.165) is 16.0 Å². The summed E-state index contributed by atoms with van der Waals surface area (Å²) in [4.78, 5) is 0.847. The summed E-state index contributed by atoms with van der Waals surface area (Å²) in [5, 5.41) is 15.2. The number of thioether (sulfide) groups is 1. The van der Waals surface area contributed by atoms with Gasteiger partial charge in [0.1, 0.15) is 11.5 Å². The van der Waals surface area contributed by atoms with Gasteiger partial charge in [0.15, 0.2) is 5.82 Å². The first kappa shape index (κ1) is 22.4. The van der Waals surface area contributed by atoms with Gasteiger partial charge in [-0.25, -0.2) is 4.39 Å². The van der Waals surface area contributed by atoms with Crippen molar-refractivity contribution in [2.45, 2.75) is 5.16 Å². The molecule has 4 aromatic rings. The van der Waals surface area contributed by atoms with Crippen molar-refractivity contribution < 1.29 is 4.39 Å². The summed E-state index contributed by atoms with van der Waals surface area (Å²) in [6.45, 7) is 0. The average molecular weight is 536 g/mol. The van der Waals surface area contributed by atoms with E-state index in [1.54, 1.807) is 16.8 Å². The molecule has 1 aliphatic rings. The lowest BCUT2D eigenvalue weighted by molar-refractivity contribution is 0.628. The molecule has 0 fully saturated rings. The van der Waals surface area contributed by atoms with Gasteiger partial charge in [0.25, 0.3) is 0 Å². The molecule has 0 aliphatic carbocycles. The number of rotatable bonds is 3. The van der Waals surface area contributed by atoms with E-state index >= 15 is 0 Å². The predicted molar refractivity (Wildman–Crippen MR) is 134 cm³/mol. The van der Waals surface area contributed by atoms with E-state index in [1.165, 1.54) is 23.9 Å². The monoisotopic (exact) mass is 534 g/mol. The molecular formula is C23H11Cl4FN4S. The van der Waals surface area contributed by atoms with Gasteiger partial charge in [-0.1, -0.05) is 70.7 Å². The van der Waals surface area contributed by atoms with E-state index in [2.05, 4.69) is 10.2 Å². The zero-order valence-electron chi connectivity index (χ0n) is 16.4. The Hall–Kier alpha value is -2.35. The summed E-state index contributed by atoms with van der Waals surface area (Å²) in [5.41, 5.74) is 2.79. The van der Waals surface area contributed by atoms with Crippen LogP contribution in [0.2, 0.25) is 20.1 Å². The Labute approximate surface area is 212 Å². The van der Waals surface area contributed by atoms with Gasteiger partial charge in [-0.3, -0.25) is 0 Å². The van der Waals surface area contributed by atoms with Crippen LogP contribution in [0.3, 0.4) is 0 Å². The van der Waals surface area contributed by atoms with Crippen LogP contribution in [0, 0.1) is 5.82 Å². The second-order valence-corrected chi connectivity index (χ2v) is 9.68. The number of hydrogen-bond acceptors (Lipinski definition) is 4. The average Bonchev–Trinajstić information content (AvgIpc) is 3.20. The topological polar surface area (TPSA) is 43.1 Å². The Morgan fingerprint density at radius 2 is 1.48 bits per heavy atom. The van der Waals surface area contributed by atoms with Crippen LogP contribution in [0.15, 0.2) is 75.8 Å². The molecule has 164 valence electrons. The van der Waals surface area contributed by atoms with Crippen LogP contribution >= 0.6 is 58.2 Å². The molecule has 0 spiro atoms. The minimum absolute atomic E-state index is 0.0740. The Morgan fingerprint density at radius 1 is 0.818 bits per heavy atom. The van der Waals surface area contributed by atoms with E-state index < -0.39 is 5.82 Å². The second-order valence-electron chi connectivity index (χ2n) is 6.98. The smallest absolute Gasteiger partial charge is 0.205 e. The molecule has 0 atom stereocenters. The summed E-state index contributed by atoms with van der Waals surface area (Å²) in [6, 6.07) is 17.4. The summed E-state index contributed by atoms with van der Waals surface area (Å²) in [5.74, 6) is -0.308. The Morgan fingerprint density at radius 3 is 2.18 bits per heavy atom. The highest BCUT2D eigenvalue weighted by molar-refractivity contribution is 8.04. The number of aromatic nitrogens is 3. The van der Waals surface area contributed by atoms with Gasteiger partial charge in [0, 0.05) is 26.1 Å². The fraction of sp³-hybridized carbons (Fsp3) is 0. The number of hydrogen-bond donors (Lipinski definition) is 0. The van der Waals surface area contributed by atoms with Crippen molar-refractivity contribution in [1.29, 1.82) is 0 Å². The van der Waals surface area contributed by atoms with Crippen molar-refractivity contribution in [3.8, 4) is 11.4 Å². The summed E-state index contributed by atoms with van der Waals surface area (Å²) < 4.78 is 15.7. The highest BCUT2D eigenvalue weighted by Crippen LogP contribution is 2.39. The van der Waals surface area contributed by atoms with Crippen molar-refractivity contribution in [2.75, 3.05) is 0 Å². The molecular weight excluding hydrogens is 525 g/mol. The molecule has 1 aliphatic heterocycles. The lowest BCUT2D eigenvalue weighted by Crippen LogP contribution is -2.12. The molecule has 4 nitrogen and oxygen atoms in total. The van der Waals surface area contributed by atoms with Gasteiger partial charge in [0.2, 0.25) is 5.16 Å². The van der Waals surface area contributed by atoms with Gasteiger partial charge in [-0.15, -0.1) is 10.2 Å². The maximum Gasteiger partial charge on any atom is 0.217 e. The fourth-order valence-corrected chi connectivity index (χ4v) is 4.86. The number of benzene rings is 3. The normalized spacial score (nSPS) is 14.3. The van der Waals surface area contributed by atoms with Gasteiger partial charge in [-0.2, -0.15) is 9.78 Å². The third-order valence-electron chi connectivity index (χ3n) is 4.78. The maximum atomic E-state index is 14.2. The van der Waals surface area contributed by atoms with Crippen molar-refractivity contribution >= 4 is 70.0 Å². The highest BCUT2D eigenvalue weighted by Gasteiger charge is 2.26. The van der Waals surface area contributed by atoms with Crippen LogP contribution < -0.4 is 0 Å². The van der Waals surface area contributed by atoms with E-state index in [0.29, 0.717) is 32.3 Å². The first-order chi connectivity index (χ1) is 15.9. The molecule has 5 rings (SSSR count). The number of fused-ring (bicyclic) bond motifs is 1. The van der Waals surface area contributed by atoms with Crippen LogP contribution in [-0.4, -0.2) is 20.6 Å². The Kier molecular flexibility index (Phi) is 6.20. The van der Waals surface area contributed by atoms with Crippen molar-refractivity contribution in [3.05, 3.63) is 103 Å². The Balaban J connectivity index is 1.67. The first-order valence-corrected chi connectivity index (χ1v) is 11.8. The minimum atomic E-state index is -0.609. The molecule has 1 aromatic heterocycles. The predicted octanol–water partition coefficient (Wildman–Crippen LogP) is 8.10. The SMILES string of the molecule is Fc1cc(-c2nnc3n2N=C(c2ccc(Cl)cc2)/C(=C/c2ccc(Cl)cc2)S3)c(Cl)cc1Cl. The number of halogens is 5. The molecule has 0 saturated carbocycles. The molecule has 10 heteroatoms. The molecule has 0 bridgehead atoms. The standard InChI is InChI=1S/C23H11Cl4FN4S/c24-14-5-1-12(2-6-14)9-20-21(13-3-7-15(25)8-4-13)31-32-22(29-30-23(32)33-20)16-10-19(28)18(27)11-17(16)26/h1-11H/b20-9-. The lowest BCUT2D eigenvalue weighted by atomic mass is 10.1. The maximum absolute atomic E-state index is 14.2. The van der Waals surface area contributed by atoms with Crippen LogP contribution in [0.25, 0.3) is 17.5 Å². The Bertz CT molecular complexity index is 1430. The molecule has 0 radical (unpaired) electrons. The van der Waals surface area contributed by atoms with Crippen LogP contribution in [0.5, 0.6) is 0 Å². The van der Waals surface area contributed by atoms with Crippen LogP contribution in [0.1, 0.15) is 11.1 Å². The molecule has 0 unspecified atom stereocenters. The molecule has 0 saturated heterocycles. The first-order valence-electron chi connectivity index (χ1n) is 9.50. The quantitative estimate of drug-likeness (QED) is 0.249. The lowest BCUT2D eigenvalue weighted by Gasteiger charge is -2.17. The molecule has 0 amide bonds. The van der Waals surface area contributed by atoms with Crippen LogP contribution in [0.4, 0.5) is 4.39 Å². The third-order valence-corrected chi connectivity index (χ3v) is 6.86. The van der Waals surface area contributed by atoms with Gasteiger partial charge in [0.05, 0.1) is 10.0 Å². The second kappa shape index (κ2) is 9.12. The van der Waals surface area contributed by atoms with Crippen molar-refractivity contribution in [1.82, 2.24) is 14.9 Å². The molecule has 3 aromatic carbocycles. The zero-order valence-corrected chi connectivity index (χ0v) is 20.3. The fourth-order valence-electron chi connectivity index (χ4n) is 3.19. The summed E-state index contributed by atoms with van der Waals surface area (Å²) >= 11 is 25.7. The molecule has 0 N–H and O–H groups in total. The van der Waals surface area contributed by atoms with E-state index in [9.17, 15) is 4.39 Å². The molecule has 2 heterocycles.